The molecule has 25 heavy (non-hydrogen) atoms. The Hall–Kier alpha value is -0.473. The van der Waals surface area contributed by atoms with Crippen molar-refractivity contribution in [2.45, 2.75) is 71.4 Å². The minimum Gasteiger partial charge on any atom is -0.462 e. The first-order chi connectivity index (χ1) is 11.9. The summed E-state index contributed by atoms with van der Waals surface area (Å²) >= 11 is 0. The maximum absolute atomic E-state index is 12.4. The number of aliphatic hydroxyl groups is 1. The third-order valence-electron chi connectivity index (χ3n) is 4.48. The van der Waals surface area contributed by atoms with E-state index in [0.717, 1.165) is 51.1 Å². The van der Waals surface area contributed by atoms with Gasteiger partial charge in [0.25, 0.3) is 0 Å². The first kappa shape index (κ1) is 24.5. The molecular weight excluding hydrogens is 338 g/mol. The summed E-state index contributed by atoms with van der Waals surface area (Å²) in [5.41, 5.74) is -0.433. The van der Waals surface area contributed by atoms with Gasteiger partial charge < -0.3 is 24.0 Å². The van der Waals surface area contributed by atoms with Crippen molar-refractivity contribution in [2.24, 2.45) is 5.41 Å². The van der Waals surface area contributed by atoms with E-state index in [2.05, 4.69) is 19.2 Å². The van der Waals surface area contributed by atoms with Gasteiger partial charge in [-0.05, 0) is 38.8 Å². The number of hydrogen-bond acceptors (Lipinski definition) is 6. The lowest BCUT2D eigenvalue weighted by Crippen LogP contribution is -2.36. The number of aliphatic hydroxyl groups excluding tert-OH is 1. The maximum atomic E-state index is 12.4. The molecule has 0 amide bonds. The van der Waals surface area contributed by atoms with Crippen molar-refractivity contribution in [3.8, 4) is 0 Å². The minimum atomic E-state index is -1.49. The number of rotatable bonds is 16. The minimum absolute atomic E-state index is 0.0464. The van der Waals surface area contributed by atoms with Gasteiger partial charge in [0.2, 0.25) is 0 Å². The lowest BCUT2D eigenvalue weighted by molar-refractivity contribution is -0.159. The SMILES string of the molecule is CCCCC(C)(CCC)C(=O)OCC(O)CNCCC[SiH](OC)OC. The van der Waals surface area contributed by atoms with Gasteiger partial charge in [-0.25, -0.2) is 0 Å². The molecule has 0 aliphatic carbocycles. The van der Waals surface area contributed by atoms with Crippen molar-refractivity contribution in [3.05, 3.63) is 0 Å². The zero-order valence-electron chi connectivity index (χ0n) is 16.8. The largest absolute Gasteiger partial charge is 0.462 e. The fourth-order valence-corrected chi connectivity index (χ4v) is 4.05. The second-order valence-electron chi connectivity index (χ2n) is 6.91. The van der Waals surface area contributed by atoms with Crippen LogP contribution in [0.1, 0.15) is 59.3 Å². The van der Waals surface area contributed by atoms with E-state index in [9.17, 15) is 9.90 Å². The molecule has 0 saturated carbocycles. The average molecular weight is 378 g/mol. The second-order valence-corrected chi connectivity index (χ2v) is 9.29. The van der Waals surface area contributed by atoms with Crippen LogP contribution in [0.3, 0.4) is 0 Å². The van der Waals surface area contributed by atoms with Gasteiger partial charge in [-0.2, -0.15) is 0 Å². The summed E-state index contributed by atoms with van der Waals surface area (Å²) in [6.45, 7) is 7.42. The average Bonchev–Trinajstić information content (AvgIpc) is 2.61. The van der Waals surface area contributed by atoms with Crippen LogP contribution >= 0.6 is 0 Å². The molecule has 0 heterocycles. The van der Waals surface area contributed by atoms with Crippen LogP contribution in [-0.2, 0) is 18.4 Å². The lowest BCUT2D eigenvalue weighted by atomic mass is 9.81. The number of hydrogen-bond donors (Lipinski definition) is 2. The number of carbonyl (C=O) groups is 1. The molecule has 0 radical (unpaired) electrons. The Morgan fingerprint density at radius 1 is 1.16 bits per heavy atom. The number of unbranched alkanes of at least 4 members (excludes halogenated alkanes) is 1. The molecule has 0 saturated heterocycles. The van der Waals surface area contributed by atoms with Crippen LogP contribution in [0.15, 0.2) is 0 Å². The Balaban J connectivity index is 4.01. The summed E-state index contributed by atoms with van der Waals surface area (Å²) in [5, 5.41) is 13.2. The molecule has 0 bridgehead atoms. The molecule has 2 atom stereocenters. The third kappa shape index (κ3) is 11.0. The number of esters is 1. The zero-order valence-corrected chi connectivity index (χ0v) is 18.0. The molecule has 0 spiro atoms. The monoisotopic (exact) mass is 377 g/mol. The van der Waals surface area contributed by atoms with E-state index in [-0.39, 0.29) is 12.6 Å². The van der Waals surface area contributed by atoms with Crippen LogP contribution in [0.4, 0.5) is 0 Å². The van der Waals surface area contributed by atoms with Crippen molar-refractivity contribution >= 4 is 15.3 Å². The Morgan fingerprint density at radius 2 is 1.84 bits per heavy atom. The van der Waals surface area contributed by atoms with E-state index in [1.165, 1.54) is 0 Å². The molecule has 0 aliphatic rings. The molecule has 150 valence electrons. The highest BCUT2D eigenvalue weighted by molar-refractivity contribution is 6.44. The van der Waals surface area contributed by atoms with Crippen LogP contribution in [0.5, 0.6) is 0 Å². The van der Waals surface area contributed by atoms with E-state index in [4.69, 9.17) is 13.6 Å². The maximum Gasteiger partial charge on any atom is 0.320 e. The molecule has 7 heteroatoms. The smallest absolute Gasteiger partial charge is 0.320 e. The van der Waals surface area contributed by atoms with E-state index < -0.39 is 20.8 Å². The van der Waals surface area contributed by atoms with Gasteiger partial charge in [-0.15, -0.1) is 0 Å². The van der Waals surface area contributed by atoms with Gasteiger partial charge in [0.05, 0.1) is 5.41 Å². The van der Waals surface area contributed by atoms with Gasteiger partial charge in [0, 0.05) is 20.8 Å². The number of ether oxygens (including phenoxy) is 1. The van der Waals surface area contributed by atoms with E-state index in [1.807, 2.05) is 6.92 Å². The van der Waals surface area contributed by atoms with Crippen LogP contribution in [0, 0.1) is 5.41 Å². The Labute approximate surface area is 155 Å². The molecule has 6 nitrogen and oxygen atoms in total. The quantitative estimate of drug-likeness (QED) is 0.244. The molecular formula is C18H39NO5Si. The molecule has 2 unspecified atom stereocenters. The van der Waals surface area contributed by atoms with Crippen molar-refractivity contribution in [2.75, 3.05) is 33.9 Å². The molecule has 0 fully saturated rings. The van der Waals surface area contributed by atoms with E-state index >= 15 is 0 Å². The fraction of sp³-hybridized carbons (Fsp3) is 0.944. The van der Waals surface area contributed by atoms with Crippen LogP contribution < -0.4 is 5.32 Å². The van der Waals surface area contributed by atoms with Gasteiger partial charge in [-0.1, -0.05) is 33.1 Å². The van der Waals surface area contributed by atoms with Gasteiger partial charge in [-0.3, -0.25) is 4.79 Å². The van der Waals surface area contributed by atoms with E-state index in [0.29, 0.717) is 6.54 Å². The van der Waals surface area contributed by atoms with Crippen LogP contribution in [-0.4, -0.2) is 60.4 Å². The van der Waals surface area contributed by atoms with Gasteiger partial charge >= 0.3 is 15.3 Å². The van der Waals surface area contributed by atoms with Gasteiger partial charge in [0.1, 0.15) is 12.7 Å². The fourth-order valence-electron chi connectivity index (χ4n) is 2.85. The van der Waals surface area contributed by atoms with Crippen molar-refractivity contribution in [1.82, 2.24) is 5.32 Å². The van der Waals surface area contributed by atoms with Crippen molar-refractivity contribution in [3.63, 3.8) is 0 Å². The van der Waals surface area contributed by atoms with Crippen molar-refractivity contribution < 1.29 is 23.5 Å². The molecule has 0 aromatic carbocycles. The molecule has 0 aliphatic heterocycles. The zero-order chi connectivity index (χ0) is 19.1. The topological polar surface area (TPSA) is 77.0 Å². The highest BCUT2D eigenvalue weighted by Crippen LogP contribution is 2.31. The Morgan fingerprint density at radius 3 is 2.40 bits per heavy atom. The standard InChI is InChI=1S/C18H39NO5Si/c1-6-8-11-18(3,10-7-2)17(21)24-15-16(20)14-19-12-9-13-25(22-4)23-5/h16,19-20,25H,6-15H2,1-5H3. The Bertz CT molecular complexity index is 341. The van der Waals surface area contributed by atoms with E-state index in [1.54, 1.807) is 14.2 Å². The third-order valence-corrected chi connectivity index (χ3v) is 6.41. The number of nitrogens with one attached hydrogen (secondary N) is 1. The Kier molecular flexibility index (Phi) is 14.4. The predicted octanol–water partition coefficient (Wildman–Crippen LogP) is 2.38. The summed E-state index contributed by atoms with van der Waals surface area (Å²) in [7, 11) is 1.86. The summed E-state index contributed by atoms with van der Waals surface area (Å²) < 4.78 is 15.9. The normalized spacial score (nSPS) is 15.2. The van der Waals surface area contributed by atoms with Gasteiger partial charge in [0.15, 0.2) is 0 Å². The molecule has 0 aromatic heterocycles. The summed E-state index contributed by atoms with van der Waals surface area (Å²) in [6.07, 6.45) is 4.96. The first-order valence-electron chi connectivity index (χ1n) is 9.55. The van der Waals surface area contributed by atoms with Crippen LogP contribution in [0.25, 0.3) is 0 Å². The lowest BCUT2D eigenvalue weighted by Gasteiger charge is -2.27. The highest BCUT2D eigenvalue weighted by atomic mass is 28.3. The predicted molar refractivity (Wildman–Crippen MR) is 103 cm³/mol. The molecule has 0 aromatic rings. The molecule has 2 N–H and O–H groups in total. The second kappa shape index (κ2) is 14.7. The van der Waals surface area contributed by atoms with Crippen molar-refractivity contribution in [1.29, 1.82) is 0 Å². The first-order valence-corrected chi connectivity index (χ1v) is 11.3. The highest BCUT2D eigenvalue weighted by Gasteiger charge is 2.33. The summed E-state index contributed by atoms with van der Waals surface area (Å²) in [6, 6.07) is 0.928. The van der Waals surface area contributed by atoms with Crippen LogP contribution in [0.2, 0.25) is 6.04 Å². The summed E-state index contributed by atoms with van der Waals surface area (Å²) in [5.74, 6) is -0.184. The molecule has 0 rings (SSSR count). The summed E-state index contributed by atoms with van der Waals surface area (Å²) in [4.78, 5) is 12.4. The number of carbonyl (C=O) groups excluding carboxylic acids is 1.